The number of aliphatic carboxylic acids is 2. The van der Waals surface area contributed by atoms with Crippen molar-refractivity contribution in [3.63, 3.8) is 0 Å². The molecular formula is C18H16ClNO6. The van der Waals surface area contributed by atoms with Crippen molar-refractivity contribution in [1.82, 2.24) is 5.32 Å². The Hall–Kier alpha value is -3.06. The summed E-state index contributed by atoms with van der Waals surface area (Å²) in [5, 5.41) is 20.3. The molecule has 3 N–H and O–H groups in total. The molecule has 1 unspecified atom stereocenters. The van der Waals surface area contributed by atoms with Gasteiger partial charge in [0.1, 0.15) is 18.4 Å². The van der Waals surface area contributed by atoms with Crippen LogP contribution in [0.25, 0.3) is 0 Å². The molecule has 0 spiro atoms. The van der Waals surface area contributed by atoms with E-state index in [0.29, 0.717) is 22.9 Å². The monoisotopic (exact) mass is 377 g/mol. The molecule has 0 saturated carbocycles. The van der Waals surface area contributed by atoms with Crippen molar-refractivity contribution < 1.29 is 29.3 Å². The predicted octanol–water partition coefficient (Wildman–Crippen LogP) is 2.12. The molecule has 7 nitrogen and oxygen atoms in total. The molecule has 0 aliphatic carbocycles. The van der Waals surface area contributed by atoms with Gasteiger partial charge in [-0.2, -0.15) is 0 Å². The van der Waals surface area contributed by atoms with Crippen molar-refractivity contribution in [2.75, 3.05) is 0 Å². The van der Waals surface area contributed by atoms with E-state index in [9.17, 15) is 14.4 Å². The Morgan fingerprint density at radius 1 is 0.962 bits per heavy atom. The lowest BCUT2D eigenvalue weighted by atomic mass is 10.1. The van der Waals surface area contributed by atoms with Crippen LogP contribution in [0.5, 0.6) is 5.75 Å². The van der Waals surface area contributed by atoms with E-state index >= 15 is 0 Å². The van der Waals surface area contributed by atoms with E-state index in [1.54, 1.807) is 36.4 Å². The standard InChI is InChI=1S/C18H16ClNO6/c19-13-5-1-12(2-6-13)10-26-14-7-3-11(4-8-14)9-15(17(22)23)20-16(21)18(24)25/h1-8,15H,9-10H2,(H,20,21)(H,22,23)(H,24,25). The summed E-state index contributed by atoms with van der Waals surface area (Å²) in [7, 11) is 0. The molecule has 0 saturated heterocycles. The maximum atomic E-state index is 11.2. The number of nitrogens with one attached hydrogen (secondary N) is 1. The van der Waals surface area contributed by atoms with Crippen LogP contribution in [0.4, 0.5) is 0 Å². The average molecular weight is 378 g/mol. The molecule has 0 fully saturated rings. The van der Waals surface area contributed by atoms with Crippen LogP contribution in [0.3, 0.4) is 0 Å². The number of carboxylic acids is 2. The third-order valence-electron chi connectivity index (χ3n) is 3.48. The first kappa shape index (κ1) is 19.3. The van der Waals surface area contributed by atoms with E-state index in [0.717, 1.165) is 5.56 Å². The van der Waals surface area contributed by atoms with Gasteiger partial charge in [0, 0.05) is 11.4 Å². The number of hydrogen-bond donors (Lipinski definition) is 3. The van der Waals surface area contributed by atoms with E-state index in [4.69, 9.17) is 26.6 Å². The van der Waals surface area contributed by atoms with Crippen LogP contribution in [0, 0.1) is 0 Å². The molecule has 2 rings (SSSR count). The largest absolute Gasteiger partial charge is 0.489 e. The van der Waals surface area contributed by atoms with Crippen LogP contribution in [-0.4, -0.2) is 34.1 Å². The number of rotatable bonds is 7. The number of carbonyl (C=O) groups is 3. The van der Waals surface area contributed by atoms with Crippen molar-refractivity contribution in [3.05, 3.63) is 64.7 Å². The summed E-state index contributed by atoms with van der Waals surface area (Å²) in [6.45, 7) is 0.350. The van der Waals surface area contributed by atoms with Gasteiger partial charge in [0.05, 0.1) is 0 Å². The topological polar surface area (TPSA) is 113 Å². The summed E-state index contributed by atoms with van der Waals surface area (Å²) >= 11 is 5.82. The lowest BCUT2D eigenvalue weighted by Crippen LogP contribution is -2.45. The van der Waals surface area contributed by atoms with Gasteiger partial charge in [-0.3, -0.25) is 4.79 Å². The van der Waals surface area contributed by atoms with E-state index in [2.05, 4.69) is 0 Å². The Labute approximate surface area is 154 Å². The number of ether oxygens (including phenoxy) is 1. The molecule has 2 aromatic carbocycles. The first-order chi connectivity index (χ1) is 12.3. The van der Waals surface area contributed by atoms with Gasteiger partial charge < -0.3 is 20.3 Å². The van der Waals surface area contributed by atoms with Crippen LogP contribution < -0.4 is 10.1 Å². The molecule has 0 bridgehead atoms. The Morgan fingerprint density at radius 2 is 1.54 bits per heavy atom. The zero-order valence-electron chi connectivity index (χ0n) is 13.5. The van der Waals surface area contributed by atoms with Gasteiger partial charge in [0.2, 0.25) is 0 Å². The summed E-state index contributed by atoms with van der Waals surface area (Å²) in [5.74, 6) is -3.82. The van der Waals surface area contributed by atoms with Crippen LogP contribution >= 0.6 is 11.6 Å². The van der Waals surface area contributed by atoms with Crippen LogP contribution in [0.2, 0.25) is 5.02 Å². The number of carboxylic acid groups (broad SMARTS) is 2. The summed E-state index contributed by atoms with van der Waals surface area (Å²) in [4.78, 5) is 32.8. The van der Waals surface area contributed by atoms with Crippen molar-refractivity contribution in [2.45, 2.75) is 19.1 Å². The summed E-state index contributed by atoms with van der Waals surface area (Å²) in [6, 6.07) is 12.5. The lowest BCUT2D eigenvalue weighted by Gasteiger charge is -2.13. The van der Waals surface area contributed by atoms with Gasteiger partial charge in [-0.15, -0.1) is 0 Å². The fourth-order valence-electron chi connectivity index (χ4n) is 2.12. The Kier molecular flexibility index (Phi) is 6.57. The van der Waals surface area contributed by atoms with Crippen LogP contribution in [-0.2, 0) is 27.4 Å². The maximum Gasteiger partial charge on any atom is 0.394 e. The number of halogens is 1. The minimum atomic E-state index is -1.73. The smallest absolute Gasteiger partial charge is 0.394 e. The third kappa shape index (κ3) is 5.78. The fraction of sp³-hybridized carbons (Fsp3) is 0.167. The second kappa shape index (κ2) is 8.87. The third-order valence-corrected chi connectivity index (χ3v) is 3.73. The van der Waals surface area contributed by atoms with Crippen molar-refractivity contribution >= 4 is 29.4 Å². The van der Waals surface area contributed by atoms with E-state index in [-0.39, 0.29) is 6.42 Å². The Bertz CT molecular complexity index is 788. The molecule has 0 aromatic heterocycles. The predicted molar refractivity (Wildman–Crippen MR) is 93.1 cm³/mol. The van der Waals surface area contributed by atoms with E-state index < -0.39 is 23.9 Å². The molecule has 0 heterocycles. The first-order valence-corrected chi connectivity index (χ1v) is 7.95. The lowest BCUT2D eigenvalue weighted by molar-refractivity contribution is -0.152. The highest BCUT2D eigenvalue weighted by molar-refractivity contribution is 6.32. The summed E-state index contributed by atoms with van der Waals surface area (Å²) < 4.78 is 5.63. The number of carbonyl (C=O) groups excluding carboxylic acids is 1. The zero-order chi connectivity index (χ0) is 19.1. The Morgan fingerprint density at radius 3 is 2.08 bits per heavy atom. The highest BCUT2D eigenvalue weighted by atomic mass is 35.5. The molecular weight excluding hydrogens is 362 g/mol. The van der Waals surface area contributed by atoms with Gasteiger partial charge in [-0.05, 0) is 35.4 Å². The van der Waals surface area contributed by atoms with E-state index in [1.165, 1.54) is 0 Å². The summed E-state index contributed by atoms with van der Waals surface area (Å²) in [5.41, 5.74) is 1.56. The quantitative estimate of drug-likeness (QED) is 0.637. The number of hydrogen-bond acceptors (Lipinski definition) is 4. The molecule has 136 valence electrons. The van der Waals surface area contributed by atoms with Gasteiger partial charge in [-0.25, -0.2) is 9.59 Å². The SMILES string of the molecule is O=C(O)C(=O)NC(Cc1ccc(OCc2ccc(Cl)cc2)cc1)C(=O)O. The van der Waals surface area contributed by atoms with Gasteiger partial charge in [0.15, 0.2) is 0 Å². The summed E-state index contributed by atoms with van der Waals surface area (Å²) in [6.07, 6.45) is -0.0498. The average Bonchev–Trinajstić information content (AvgIpc) is 2.61. The molecule has 0 aliphatic rings. The normalized spacial score (nSPS) is 11.4. The van der Waals surface area contributed by atoms with Crippen molar-refractivity contribution in [1.29, 1.82) is 0 Å². The van der Waals surface area contributed by atoms with Gasteiger partial charge >= 0.3 is 17.8 Å². The van der Waals surface area contributed by atoms with Crippen molar-refractivity contribution in [3.8, 4) is 5.75 Å². The second-order valence-corrected chi connectivity index (χ2v) is 5.87. The number of benzene rings is 2. The molecule has 0 aliphatic heterocycles. The molecule has 26 heavy (non-hydrogen) atoms. The maximum absolute atomic E-state index is 11.2. The number of amides is 1. The minimum absolute atomic E-state index is 0.0498. The molecule has 8 heteroatoms. The van der Waals surface area contributed by atoms with Crippen LogP contribution in [0.1, 0.15) is 11.1 Å². The second-order valence-electron chi connectivity index (χ2n) is 5.43. The van der Waals surface area contributed by atoms with Gasteiger partial charge in [0.25, 0.3) is 0 Å². The Balaban J connectivity index is 1.94. The molecule has 1 amide bonds. The molecule has 2 aromatic rings. The van der Waals surface area contributed by atoms with Crippen LogP contribution in [0.15, 0.2) is 48.5 Å². The zero-order valence-corrected chi connectivity index (χ0v) is 14.3. The van der Waals surface area contributed by atoms with Gasteiger partial charge in [-0.1, -0.05) is 35.9 Å². The highest BCUT2D eigenvalue weighted by Gasteiger charge is 2.23. The molecule has 1 atom stereocenters. The molecule has 0 radical (unpaired) electrons. The first-order valence-electron chi connectivity index (χ1n) is 7.58. The van der Waals surface area contributed by atoms with Crippen molar-refractivity contribution in [2.24, 2.45) is 0 Å². The minimum Gasteiger partial charge on any atom is -0.489 e. The highest BCUT2D eigenvalue weighted by Crippen LogP contribution is 2.16. The van der Waals surface area contributed by atoms with E-state index in [1.807, 2.05) is 17.4 Å². The fourth-order valence-corrected chi connectivity index (χ4v) is 2.25.